The van der Waals surface area contributed by atoms with Gasteiger partial charge in [0, 0.05) is 5.02 Å². The Hall–Kier alpha value is -1.07. The van der Waals surface area contributed by atoms with Crippen LogP contribution in [-0.2, 0) is 14.6 Å². The molecule has 0 saturated heterocycles. The van der Waals surface area contributed by atoms with Crippen molar-refractivity contribution >= 4 is 33.0 Å². The molecule has 1 aliphatic carbocycles. The second kappa shape index (κ2) is 2.78. The molecule has 1 aliphatic heterocycles. The normalized spacial score (nSPS) is 23.7. The van der Waals surface area contributed by atoms with E-state index in [2.05, 4.69) is 5.32 Å². The molecule has 0 atom stereocenters. The van der Waals surface area contributed by atoms with Crippen molar-refractivity contribution in [2.24, 2.45) is 0 Å². The van der Waals surface area contributed by atoms with Gasteiger partial charge < -0.3 is 5.32 Å². The number of hydrogen-bond acceptors (Lipinski definition) is 3. The van der Waals surface area contributed by atoms with Crippen LogP contribution in [0.1, 0.15) is 12.8 Å². The molecule has 0 aromatic heterocycles. The molecule has 2 aliphatic rings. The monoisotopic (exact) mass is 257 g/mol. The van der Waals surface area contributed by atoms with Crippen molar-refractivity contribution < 1.29 is 13.2 Å². The summed E-state index contributed by atoms with van der Waals surface area (Å²) in [5.41, 5.74) is 0.326. The first-order chi connectivity index (χ1) is 7.47. The van der Waals surface area contributed by atoms with Crippen molar-refractivity contribution in [3.05, 3.63) is 23.2 Å². The van der Waals surface area contributed by atoms with E-state index < -0.39 is 20.5 Å². The summed E-state index contributed by atoms with van der Waals surface area (Å²) in [4.78, 5) is 11.9. The van der Waals surface area contributed by atoms with Crippen LogP contribution in [0, 0.1) is 0 Å². The summed E-state index contributed by atoms with van der Waals surface area (Å²) in [7, 11) is -3.58. The number of amides is 1. The molecular weight excluding hydrogens is 250 g/mol. The highest BCUT2D eigenvalue weighted by atomic mass is 35.5. The van der Waals surface area contributed by atoms with Crippen LogP contribution >= 0.6 is 11.6 Å². The predicted molar refractivity (Wildman–Crippen MR) is 59.2 cm³/mol. The van der Waals surface area contributed by atoms with Gasteiger partial charge in [-0.25, -0.2) is 8.42 Å². The molecular formula is C10H8ClNO3S. The summed E-state index contributed by atoms with van der Waals surface area (Å²) >= 11 is 5.78. The summed E-state index contributed by atoms with van der Waals surface area (Å²) in [6, 6.07) is 4.47. The summed E-state index contributed by atoms with van der Waals surface area (Å²) < 4.78 is 23.2. The Balaban J connectivity index is 2.32. The zero-order chi connectivity index (χ0) is 11.6. The molecule has 1 N–H and O–H groups in total. The van der Waals surface area contributed by atoms with Gasteiger partial charge >= 0.3 is 0 Å². The number of nitrogens with one attached hydrogen (secondary N) is 1. The molecule has 1 spiro atoms. The lowest BCUT2D eigenvalue weighted by Gasteiger charge is -2.24. The van der Waals surface area contributed by atoms with Gasteiger partial charge in [-0.2, -0.15) is 0 Å². The fraction of sp³-hybridized carbons (Fsp3) is 0.300. The Morgan fingerprint density at radius 2 is 2.00 bits per heavy atom. The number of fused-ring (bicyclic) bond motifs is 1. The summed E-state index contributed by atoms with van der Waals surface area (Å²) in [6.45, 7) is 0. The minimum absolute atomic E-state index is 0.136. The average Bonchev–Trinajstić information content (AvgIpc) is 2.99. The number of carbonyl (C=O) groups is 1. The molecule has 6 heteroatoms. The second-order valence-corrected chi connectivity index (χ2v) is 6.76. The lowest BCUT2D eigenvalue weighted by Crippen LogP contribution is -2.41. The fourth-order valence-corrected chi connectivity index (χ4v) is 4.28. The Bertz CT molecular complexity index is 604. The summed E-state index contributed by atoms with van der Waals surface area (Å²) in [5.74, 6) is -0.415. The van der Waals surface area contributed by atoms with Gasteiger partial charge in [0.1, 0.15) is 0 Å². The minimum Gasteiger partial charge on any atom is -0.324 e. The van der Waals surface area contributed by atoms with Crippen molar-refractivity contribution in [3.63, 3.8) is 0 Å². The third-order valence-electron chi connectivity index (χ3n) is 3.11. The Morgan fingerprint density at radius 3 is 2.62 bits per heavy atom. The van der Waals surface area contributed by atoms with Crippen LogP contribution in [0.4, 0.5) is 5.69 Å². The first-order valence-electron chi connectivity index (χ1n) is 4.83. The largest absolute Gasteiger partial charge is 0.324 e. The average molecular weight is 258 g/mol. The maximum Gasteiger partial charge on any atom is 0.246 e. The number of carbonyl (C=O) groups excluding carboxylic acids is 1. The highest BCUT2D eigenvalue weighted by Crippen LogP contribution is 2.51. The smallest absolute Gasteiger partial charge is 0.246 e. The Morgan fingerprint density at radius 1 is 1.31 bits per heavy atom. The summed E-state index contributed by atoms with van der Waals surface area (Å²) in [5, 5.41) is 2.97. The lowest BCUT2D eigenvalue weighted by atomic mass is 10.3. The van der Waals surface area contributed by atoms with Gasteiger partial charge in [-0.05, 0) is 31.0 Å². The van der Waals surface area contributed by atoms with Crippen LogP contribution < -0.4 is 5.32 Å². The van der Waals surface area contributed by atoms with E-state index >= 15 is 0 Å². The van der Waals surface area contributed by atoms with Crippen LogP contribution in [0.25, 0.3) is 0 Å². The second-order valence-electron chi connectivity index (χ2n) is 4.09. The maximum atomic E-state index is 12.2. The fourth-order valence-electron chi connectivity index (χ4n) is 2.00. The number of sulfone groups is 1. The van der Waals surface area contributed by atoms with Gasteiger partial charge in [-0.1, -0.05) is 11.6 Å². The van der Waals surface area contributed by atoms with Crippen molar-refractivity contribution in [2.45, 2.75) is 22.5 Å². The molecule has 0 bridgehead atoms. The zero-order valence-corrected chi connectivity index (χ0v) is 9.73. The number of hydrogen-bond donors (Lipinski definition) is 1. The van der Waals surface area contributed by atoms with Crippen molar-refractivity contribution in [3.8, 4) is 0 Å². The molecule has 16 heavy (non-hydrogen) atoms. The number of halogens is 1. The highest BCUT2D eigenvalue weighted by molar-refractivity contribution is 7.94. The van der Waals surface area contributed by atoms with Crippen molar-refractivity contribution in [1.29, 1.82) is 0 Å². The van der Waals surface area contributed by atoms with Gasteiger partial charge in [-0.15, -0.1) is 0 Å². The Kier molecular flexibility index (Phi) is 1.76. The van der Waals surface area contributed by atoms with Crippen LogP contribution in [0.5, 0.6) is 0 Å². The lowest BCUT2D eigenvalue weighted by molar-refractivity contribution is -0.116. The molecule has 1 heterocycles. The van der Waals surface area contributed by atoms with E-state index in [9.17, 15) is 13.2 Å². The number of rotatable bonds is 0. The van der Waals surface area contributed by atoms with Crippen molar-refractivity contribution in [1.82, 2.24) is 0 Å². The minimum atomic E-state index is -3.58. The highest BCUT2D eigenvalue weighted by Gasteiger charge is 2.63. The number of benzene rings is 1. The van der Waals surface area contributed by atoms with E-state index in [-0.39, 0.29) is 4.90 Å². The van der Waals surface area contributed by atoms with E-state index in [1.54, 1.807) is 6.07 Å². The van der Waals surface area contributed by atoms with E-state index in [1.165, 1.54) is 12.1 Å². The van der Waals surface area contributed by atoms with E-state index in [4.69, 9.17) is 11.6 Å². The van der Waals surface area contributed by atoms with Crippen LogP contribution in [-0.4, -0.2) is 19.1 Å². The summed E-state index contributed by atoms with van der Waals surface area (Å²) in [6.07, 6.45) is 0.792. The Labute approximate surface area is 97.5 Å². The van der Waals surface area contributed by atoms with Gasteiger partial charge in [-0.3, -0.25) is 4.79 Å². The molecule has 1 amide bonds. The predicted octanol–water partition coefficient (Wildman–Crippen LogP) is 1.60. The van der Waals surface area contributed by atoms with Gasteiger partial charge in [0.25, 0.3) is 0 Å². The van der Waals surface area contributed by atoms with E-state index in [0.29, 0.717) is 23.6 Å². The maximum absolute atomic E-state index is 12.2. The van der Waals surface area contributed by atoms with E-state index in [0.717, 1.165) is 0 Å². The zero-order valence-electron chi connectivity index (χ0n) is 8.16. The first kappa shape index (κ1) is 10.1. The standard InChI is InChI=1S/C10H8ClNO3S/c11-6-1-2-7-8(5-6)16(14,15)10(3-4-10)9(13)12-7/h1-2,5H,3-4H2,(H,12,13). The van der Waals surface area contributed by atoms with Gasteiger partial charge in [0.05, 0.1) is 10.6 Å². The molecule has 0 radical (unpaired) electrons. The molecule has 4 nitrogen and oxygen atoms in total. The molecule has 1 aromatic carbocycles. The third kappa shape index (κ3) is 1.05. The molecule has 3 rings (SSSR count). The molecule has 0 unspecified atom stereocenters. The van der Waals surface area contributed by atoms with E-state index in [1.807, 2.05) is 0 Å². The SMILES string of the molecule is O=C1Nc2ccc(Cl)cc2S(=O)(=O)C12CC2. The molecule has 1 saturated carbocycles. The topological polar surface area (TPSA) is 63.2 Å². The first-order valence-corrected chi connectivity index (χ1v) is 6.69. The van der Waals surface area contributed by atoms with Crippen LogP contribution in [0.15, 0.2) is 23.1 Å². The van der Waals surface area contributed by atoms with Crippen LogP contribution in [0.3, 0.4) is 0 Å². The quantitative estimate of drug-likeness (QED) is 0.768. The molecule has 1 fully saturated rings. The third-order valence-corrected chi connectivity index (χ3v) is 5.89. The van der Waals surface area contributed by atoms with Crippen LogP contribution in [0.2, 0.25) is 5.02 Å². The number of anilines is 1. The molecule has 1 aromatic rings. The van der Waals surface area contributed by atoms with Gasteiger partial charge in [0.2, 0.25) is 5.91 Å². The van der Waals surface area contributed by atoms with Gasteiger partial charge in [0.15, 0.2) is 14.6 Å². The molecule has 84 valence electrons. The van der Waals surface area contributed by atoms with Crippen molar-refractivity contribution in [2.75, 3.05) is 5.32 Å².